The molecule has 2 aromatic carbocycles. The van der Waals surface area contributed by atoms with Gasteiger partial charge in [0.1, 0.15) is 11.5 Å². The topological polar surface area (TPSA) is 88.9 Å². The minimum atomic E-state index is -3.92. The molecule has 0 unspecified atom stereocenters. The van der Waals surface area contributed by atoms with Gasteiger partial charge in [-0.1, -0.05) is 23.7 Å². The van der Waals surface area contributed by atoms with Crippen LogP contribution in [0.4, 0.5) is 5.69 Å². The third-order valence-corrected chi connectivity index (χ3v) is 6.49. The first-order valence-electron chi connectivity index (χ1n) is 8.79. The normalized spacial score (nSPS) is 16.0. The van der Waals surface area contributed by atoms with Crippen LogP contribution in [0, 0.1) is 0 Å². The van der Waals surface area contributed by atoms with Crippen molar-refractivity contribution in [3.05, 3.63) is 77.7 Å². The van der Waals surface area contributed by atoms with Gasteiger partial charge in [0, 0.05) is 5.02 Å². The highest BCUT2D eigenvalue weighted by Crippen LogP contribution is 2.36. The SMILES string of the molecule is O=C(NCc1ccco1)[C@@H]1CN(S(=O)(=O)c2ccc(Cl)cc2)c2ccccc2O1. The molecule has 0 aliphatic carbocycles. The molecule has 1 amide bonds. The number of anilines is 1. The Morgan fingerprint density at radius 3 is 2.59 bits per heavy atom. The zero-order valence-electron chi connectivity index (χ0n) is 15.1. The summed E-state index contributed by atoms with van der Waals surface area (Å²) in [6.45, 7) is 0.0171. The summed E-state index contributed by atoms with van der Waals surface area (Å²) in [6, 6.07) is 16.0. The van der Waals surface area contributed by atoms with E-state index < -0.39 is 22.0 Å². The van der Waals surface area contributed by atoms with E-state index in [1.807, 2.05) is 0 Å². The van der Waals surface area contributed by atoms with Gasteiger partial charge < -0.3 is 14.5 Å². The summed E-state index contributed by atoms with van der Waals surface area (Å²) >= 11 is 5.88. The van der Waals surface area contributed by atoms with Gasteiger partial charge in [0.25, 0.3) is 15.9 Å². The number of hydrogen-bond donors (Lipinski definition) is 1. The van der Waals surface area contributed by atoms with Crippen molar-refractivity contribution >= 4 is 33.2 Å². The Kier molecular flexibility index (Phi) is 5.21. The number of carbonyl (C=O) groups excluding carboxylic acids is 1. The van der Waals surface area contributed by atoms with Gasteiger partial charge >= 0.3 is 0 Å². The number of halogens is 1. The summed E-state index contributed by atoms with van der Waals surface area (Å²) in [4.78, 5) is 12.7. The zero-order valence-corrected chi connectivity index (χ0v) is 16.7. The van der Waals surface area contributed by atoms with Gasteiger partial charge in [-0.25, -0.2) is 8.42 Å². The predicted octanol–water partition coefficient (Wildman–Crippen LogP) is 3.21. The van der Waals surface area contributed by atoms with E-state index in [1.54, 1.807) is 36.4 Å². The Morgan fingerprint density at radius 1 is 1.10 bits per heavy atom. The molecule has 2 heterocycles. The smallest absolute Gasteiger partial charge is 0.264 e. The number of rotatable bonds is 5. The molecule has 4 rings (SSSR count). The molecule has 0 saturated carbocycles. The van der Waals surface area contributed by atoms with Crippen LogP contribution in [-0.2, 0) is 21.4 Å². The highest BCUT2D eigenvalue weighted by atomic mass is 35.5. The van der Waals surface area contributed by atoms with Gasteiger partial charge in [0.2, 0.25) is 0 Å². The van der Waals surface area contributed by atoms with E-state index in [1.165, 1.54) is 34.8 Å². The highest BCUT2D eigenvalue weighted by Gasteiger charge is 2.37. The predicted molar refractivity (Wildman–Crippen MR) is 107 cm³/mol. The van der Waals surface area contributed by atoms with E-state index in [0.29, 0.717) is 22.2 Å². The van der Waals surface area contributed by atoms with Crippen LogP contribution in [0.3, 0.4) is 0 Å². The Balaban J connectivity index is 1.62. The minimum Gasteiger partial charge on any atom is -0.476 e. The largest absolute Gasteiger partial charge is 0.476 e. The summed E-state index contributed by atoms with van der Waals surface area (Å²) in [7, 11) is -3.92. The maximum Gasteiger partial charge on any atom is 0.264 e. The van der Waals surface area contributed by atoms with Gasteiger partial charge in [-0.15, -0.1) is 0 Å². The molecule has 150 valence electrons. The lowest BCUT2D eigenvalue weighted by Crippen LogP contribution is -2.50. The molecule has 0 fully saturated rings. The van der Waals surface area contributed by atoms with E-state index in [9.17, 15) is 13.2 Å². The average molecular weight is 433 g/mol. The zero-order chi connectivity index (χ0) is 20.4. The number of hydrogen-bond acceptors (Lipinski definition) is 5. The van der Waals surface area contributed by atoms with Crippen molar-refractivity contribution in [3.63, 3.8) is 0 Å². The molecule has 9 heteroatoms. The number of nitrogens with one attached hydrogen (secondary N) is 1. The number of para-hydroxylation sites is 2. The van der Waals surface area contributed by atoms with Gasteiger partial charge in [-0.2, -0.15) is 0 Å². The van der Waals surface area contributed by atoms with E-state index in [0.717, 1.165) is 0 Å². The van der Waals surface area contributed by atoms with Crippen molar-refractivity contribution in [2.45, 2.75) is 17.5 Å². The van der Waals surface area contributed by atoms with E-state index >= 15 is 0 Å². The monoisotopic (exact) mass is 432 g/mol. The third kappa shape index (κ3) is 3.94. The number of carbonyl (C=O) groups is 1. The second-order valence-electron chi connectivity index (χ2n) is 6.36. The summed E-state index contributed by atoms with van der Waals surface area (Å²) in [5, 5.41) is 3.14. The minimum absolute atomic E-state index is 0.0772. The second-order valence-corrected chi connectivity index (χ2v) is 8.66. The number of ether oxygens (including phenoxy) is 1. The van der Waals surface area contributed by atoms with E-state index in [2.05, 4.69) is 5.32 Å². The second kappa shape index (κ2) is 7.81. The number of nitrogens with zero attached hydrogens (tertiary/aromatic N) is 1. The van der Waals surface area contributed by atoms with E-state index in [-0.39, 0.29) is 18.0 Å². The first-order valence-corrected chi connectivity index (χ1v) is 10.6. The molecular weight excluding hydrogens is 416 g/mol. The average Bonchev–Trinajstić information content (AvgIpc) is 3.25. The van der Waals surface area contributed by atoms with Crippen LogP contribution in [0.5, 0.6) is 5.75 Å². The van der Waals surface area contributed by atoms with Crippen LogP contribution < -0.4 is 14.4 Å². The van der Waals surface area contributed by atoms with Gasteiger partial charge in [0.05, 0.1) is 29.9 Å². The van der Waals surface area contributed by atoms with Crippen LogP contribution in [0.1, 0.15) is 5.76 Å². The first kappa shape index (κ1) is 19.4. The quantitative estimate of drug-likeness (QED) is 0.668. The first-order chi connectivity index (χ1) is 13.9. The molecule has 1 aliphatic rings. The van der Waals surface area contributed by atoms with Crippen LogP contribution in [0.15, 0.2) is 76.2 Å². The Bertz CT molecular complexity index is 1110. The van der Waals surface area contributed by atoms with Crippen molar-refractivity contribution in [1.29, 1.82) is 0 Å². The summed E-state index contributed by atoms with van der Waals surface area (Å²) in [5.41, 5.74) is 0.373. The number of furan rings is 1. The maximum absolute atomic E-state index is 13.3. The molecule has 3 aromatic rings. The molecule has 0 spiro atoms. The lowest BCUT2D eigenvalue weighted by atomic mass is 10.2. The summed E-state index contributed by atoms with van der Waals surface area (Å²) in [5.74, 6) is 0.460. The van der Waals surface area contributed by atoms with Crippen molar-refractivity contribution < 1.29 is 22.4 Å². The maximum atomic E-state index is 13.3. The van der Waals surface area contributed by atoms with Crippen LogP contribution >= 0.6 is 11.6 Å². The molecule has 7 nitrogen and oxygen atoms in total. The fourth-order valence-electron chi connectivity index (χ4n) is 3.00. The number of fused-ring (bicyclic) bond motifs is 1. The molecule has 29 heavy (non-hydrogen) atoms. The van der Waals surface area contributed by atoms with E-state index in [4.69, 9.17) is 20.8 Å². The molecule has 0 bridgehead atoms. The molecule has 1 aliphatic heterocycles. The van der Waals surface area contributed by atoms with Crippen molar-refractivity contribution in [3.8, 4) is 5.75 Å². The molecular formula is C20H17ClN2O5S. The Labute approximate surface area is 172 Å². The fraction of sp³-hybridized carbons (Fsp3) is 0.150. The Morgan fingerprint density at radius 2 is 1.86 bits per heavy atom. The van der Waals surface area contributed by atoms with Crippen molar-refractivity contribution in [2.75, 3.05) is 10.8 Å². The van der Waals surface area contributed by atoms with Crippen LogP contribution in [0.25, 0.3) is 0 Å². The molecule has 1 aromatic heterocycles. The van der Waals surface area contributed by atoms with Crippen LogP contribution in [-0.4, -0.2) is 27.0 Å². The Hall–Kier alpha value is -2.97. The van der Waals surface area contributed by atoms with Gasteiger partial charge in [-0.3, -0.25) is 9.10 Å². The van der Waals surface area contributed by atoms with Crippen molar-refractivity contribution in [1.82, 2.24) is 5.32 Å². The highest BCUT2D eigenvalue weighted by molar-refractivity contribution is 7.92. The number of benzene rings is 2. The lowest BCUT2D eigenvalue weighted by molar-refractivity contribution is -0.128. The molecule has 0 radical (unpaired) electrons. The van der Waals surface area contributed by atoms with Crippen LogP contribution in [0.2, 0.25) is 5.02 Å². The molecule has 1 N–H and O–H groups in total. The van der Waals surface area contributed by atoms with Crippen molar-refractivity contribution in [2.24, 2.45) is 0 Å². The molecule has 0 saturated heterocycles. The fourth-order valence-corrected chi connectivity index (χ4v) is 4.60. The third-order valence-electron chi connectivity index (χ3n) is 4.45. The number of sulfonamides is 1. The summed E-state index contributed by atoms with van der Waals surface area (Å²) < 4.78 is 38.7. The van der Waals surface area contributed by atoms with Gasteiger partial charge in [-0.05, 0) is 48.5 Å². The molecule has 1 atom stereocenters. The van der Waals surface area contributed by atoms with Gasteiger partial charge in [0.15, 0.2) is 6.10 Å². The number of amides is 1. The summed E-state index contributed by atoms with van der Waals surface area (Å²) in [6.07, 6.45) is 0.497. The standard InChI is InChI=1S/C20H17ClN2O5S/c21-14-7-9-16(10-8-14)29(25,26)23-13-19(28-18-6-2-1-5-17(18)23)20(24)22-12-15-4-3-11-27-15/h1-11,19H,12-13H2,(H,22,24)/t19-/m0/s1. The lowest BCUT2D eigenvalue weighted by Gasteiger charge is -2.34.